The van der Waals surface area contributed by atoms with E-state index in [4.69, 9.17) is 0 Å². The first-order valence-corrected chi connectivity index (χ1v) is 7.84. The monoisotopic (exact) mass is 317 g/mol. The van der Waals surface area contributed by atoms with E-state index in [1.165, 1.54) is 16.8 Å². The van der Waals surface area contributed by atoms with Gasteiger partial charge in [0.25, 0.3) is 0 Å². The van der Waals surface area contributed by atoms with Crippen LogP contribution in [0.1, 0.15) is 37.2 Å². The number of rotatable bonds is 6. The summed E-state index contributed by atoms with van der Waals surface area (Å²) in [6.45, 7) is 3.76. The minimum absolute atomic E-state index is 0.134. The van der Waals surface area contributed by atoms with E-state index in [9.17, 15) is 9.18 Å². The zero-order valence-corrected chi connectivity index (χ0v) is 13.2. The van der Waals surface area contributed by atoms with Crippen molar-refractivity contribution in [3.63, 3.8) is 0 Å². The molecule has 1 aliphatic rings. The van der Waals surface area contributed by atoms with Crippen LogP contribution in [-0.4, -0.2) is 32.2 Å². The molecule has 0 unspecified atom stereocenters. The molecular formula is C16H20FN5O. The molecule has 1 aromatic carbocycles. The largest absolute Gasteiger partial charge is 0.351 e. The van der Waals surface area contributed by atoms with Gasteiger partial charge in [-0.25, -0.2) is 9.07 Å². The van der Waals surface area contributed by atoms with Crippen molar-refractivity contribution in [1.82, 2.24) is 25.5 Å². The van der Waals surface area contributed by atoms with Crippen molar-refractivity contribution in [2.45, 2.75) is 45.2 Å². The maximum absolute atomic E-state index is 13.4. The Kier molecular flexibility index (Phi) is 4.36. The molecule has 1 aromatic heterocycles. The molecule has 1 heterocycles. The highest BCUT2D eigenvalue weighted by molar-refractivity contribution is 5.80. The molecule has 0 aliphatic heterocycles. The van der Waals surface area contributed by atoms with E-state index in [2.05, 4.69) is 20.8 Å². The highest BCUT2D eigenvalue weighted by Gasteiger charge is 2.32. The molecule has 1 aliphatic carbocycles. The quantitative estimate of drug-likeness (QED) is 0.882. The first kappa shape index (κ1) is 15.6. The van der Waals surface area contributed by atoms with Crippen LogP contribution in [0.3, 0.4) is 0 Å². The van der Waals surface area contributed by atoms with E-state index in [-0.39, 0.29) is 17.8 Å². The highest BCUT2D eigenvalue weighted by atomic mass is 19.1. The molecule has 0 spiro atoms. The topological polar surface area (TPSA) is 72.7 Å². The van der Waals surface area contributed by atoms with E-state index in [1.807, 2.05) is 6.92 Å². The zero-order chi connectivity index (χ0) is 16.4. The minimum Gasteiger partial charge on any atom is -0.351 e. The van der Waals surface area contributed by atoms with Crippen LogP contribution in [0.5, 0.6) is 0 Å². The lowest BCUT2D eigenvalue weighted by atomic mass is 10.0. The summed E-state index contributed by atoms with van der Waals surface area (Å²) in [6, 6.07) is 5.80. The van der Waals surface area contributed by atoms with Gasteiger partial charge in [0, 0.05) is 12.5 Å². The van der Waals surface area contributed by atoms with Gasteiger partial charge in [-0.3, -0.25) is 4.79 Å². The lowest BCUT2D eigenvalue weighted by Crippen LogP contribution is -2.40. The van der Waals surface area contributed by atoms with Gasteiger partial charge in [0.2, 0.25) is 5.91 Å². The maximum Gasteiger partial charge on any atom is 0.245 e. The molecule has 7 heteroatoms. The molecule has 1 fully saturated rings. The molecule has 1 amide bonds. The Labute approximate surface area is 134 Å². The Bertz CT molecular complexity index is 697. The molecule has 6 nitrogen and oxygen atoms in total. The van der Waals surface area contributed by atoms with Crippen molar-refractivity contribution < 1.29 is 9.18 Å². The summed E-state index contributed by atoms with van der Waals surface area (Å²) >= 11 is 0. The average molecular weight is 317 g/mol. The second-order valence-electron chi connectivity index (χ2n) is 6.16. The van der Waals surface area contributed by atoms with E-state index in [0.29, 0.717) is 18.2 Å². The van der Waals surface area contributed by atoms with Crippen LogP contribution in [0.25, 0.3) is 0 Å². The summed E-state index contributed by atoms with van der Waals surface area (Å²) in [4.78, 5) is 12.7. The molecule has 0 saturated heterocycles. The number of tetrazole rings is 1. The summed E-state index contributed by atoms with van der Waals surface area (Å²) in [5, 5.41) is 14.4. The SMILES string of the molecule is Cc1nnnn1[C@@H](Cc1cccc(F)c1)C(=O)N[C@H](C)C1CC1. The van der Waals surface area contributed by atoms with Crippen LogP contribution in [0, 0.1) is 18.7 Å². The van der Waals surface area contributed by atoms with E-state index in [1.54, 1.807) is 19.1 Å². The fourth-order valence-corrected chi connectivity index (χ4v) is 2.74. The summed E-state index contributed by atoms with van der Waals surface area (Å²) in [5.41, 5.74) is 0.735. The van der Waals surface area contributed by atoms with Crippen LogP contribution < -0.4 is 5.32 Å². The summed E-state index contributed by atoms with van der Waals surface area (Å²) in [7, 11) is 0. The third-order valence-corrected chi connectivity index (χ3v) is 4.27. The van der Waals surface area contributed by atoms with Crippen LogP contribution >= 0.6 is 0 Å². The second-order valence-corrected chi connectivity index (χ2v) is 6.16. The summed E-state index contributed by atoms with van der Waals surface area (Å²) in [5.74, 6) is 0.662. The lowest BCUT2D eigenvalue weighted by molar-refractivity contribution is -0.125. The number of carbonyl (C=O) groups excluding carboxylic acids is 1. The van der Waals surface area contributed by atoms with Gasteiger partial charge in [0.1, 0.15) is 17.7 Å². The van der Waals surface area contributed by atoms with Gasteiger partial charge in [0.15, 0.2) is 0 Å². The molecule has 3 rings (SSSR count). The number of carbonyl (C=O) groups is 1. The number of nitrogens with zero attached hydrogens (tertiary/aromatic N) is 4. The molecule has 0 radical (unpaired) electrons. The minimum atomic E-state index is -0.590. The number of aromatic nitrogens is 4. The number of halogens is 1. The Morgan fingerprint density at radius 2 is 2.26 bits per heavy atom. The fraction of sp³-hybridized carbons (Fsp3) is 0.500. The molecule has 122 valence electrons. The zero-order valence-electron chi connectivity index (χ0n) is 13.2. The Morgan fingerprint density at radius 3 is 2.87 bits per heavy atom. The predicted octanol–water partition coefficient (Wildman–Crippen LogP) is 1.82. The fourth-order valence-electron chi connectivity index (χ4n) is 2.74. The van der Waals surface area contributed by atoms with Crippen molar-refractivity contribution in [2.24, 2.45) is 5.92 Å². The van der Waals surface area contributed by atoms with Crippen molar-refractivity contribution >= 4 is 5.91 Å². The van der Waals surface area contributed by atoms with Gasteiger partial charge in [0.05, 0.1) is 0 Å². The molecule has 2 aromatic rings. The molecule has 2 atom stereocenters. The third kappa shape index (κ3) is 3.72. The summed E-state index contributed by atoms with van der Waals surface area (Å²) in [6.07, 6.45) is 2.65. The van der Waals surface area contributed by atoms with Crippen molar-refractivity contribution in [1.29, 1.82) is 0 Å². The smallest absolute Gasteiger partial charge is 0.245 e. The van der Waals surface area contributed by atoms with Gasteiger partial charge in [-0.05, 0) is 60.7 Å². The van der Waals surface area contributed by atoms with Gasteiger partial charge < -0.3 is 5.32 Å². The Balaban J connectivity index is 1.81. The number of amides is 1. The first-order valence-electron chi connectivity index (χ1n) is 7.84. The van der Waals surface area contributed by atoms with Crippen molar-refractivity contribution in [3.05, 3.63) is 41.5 Å². The normalized spacial score (nSPS) is 16.8. The number of aryl methyl sites for hydroxylation is 1. The number of nitrogens with one attached hydrogen (secondary N) is 1. The summed E-state index contributed by atoms with van der Waals surface area (Å²) < 4.78 is 14.9. The van der Waals surface area contributed by atoms with Gasteiger partial charge in [-0.1, -0.05) is 12.1 Å². The third-order valence-electron chi connectivity index (χ3n) is 4.27. The molecule has 1 saturated carbocycles. The first-order chi connectivity index (χ1) is 11.0. The van der Waals surface area contributed by atoms with Crippen LogP contribution in [0.4, 0.5) is 4.39 Å². The highest BCUT2D eigenvalue weighted by Crippen LogP contribution is 2.32. The van der Waals surface area contributed by atoms with Crippen LogP contribution in [-0.2, 0) is 11.2 Å². The molecular weight excluding hydrogens is 297 g/mol. The average Bonchev–Trinajstić information content (AvgIpc) is 3.28. The predicted molar refractivity (Wildman–Crippen MR) is 82.0 cm³/mol. The van der Waals surface area contributed by atoms with E-state index in [0.717, 1.165) is 18.4 Å². The Morgan fingerprint density at radius 1 is 1.48 bits per heavy atom. The molecule has 1 N–H and O–H groups in total. The second kappa shape index (κ2) is 6.44. The van der Waals surface area contributed by atoms with Crippen molar-refractivity contribution in [2.75, 3.05) is 0 Å². The molecule has 23 heavy (non-hydrogen) atoms. The Hall–Kier alpha value is -2.31. The van der Waals surface area contributed by atoms with Crippen LogP contribution in [0.2, 0.25) is 0 Å². The molecule has 0 bridgehead atoms. The standard InChI is InChI=1S/C16H20FN5O/c1-10(13-6-7-13)18-16(23)15(22-11(2)19-20-21-22)9-12-4-3-5-14(17)8-12/h3-5,8,10,13,15H,6-7,9H2,1-2H3,(H,18,23)/t10-,15+/m1/s1. The van der Waals surface area contributed by atoms with Gasteiger partial charge in [-0.2, -0.15) is 0 Å². The van der Waals surface area contributed by atoms with E-state index < -0.39 is 6.04 Å². The lowest BCUT2D eigenvalue weighted by Gasteiger charge is -2.20. The van der Waals surface area contributed by atoms with Gasteiger partial charge in [-0.15, -0.1) is 5.10 Å². The van der Waals surface area contributed by atoms with E-state index >= 15 is 0 Å². The van der Waals surface area contributed by atoms with Crippen LogP contribution in [0.15, 0.2) is 24.3 Å². The number of hydrogen-bond acceptors (Lipinski definition) is 4. The van der Waals surface area contributed by atoms with Crippen molar-refractivity contribution in [3.8, 4) is 0 Å². The maximum atomic E-state index is 13.4. The number of benzene rings is 1. The van der Waals surface area contributed by atoms with Gasteiger partial charge >= 0.3 is 0 Å². The number of hydrogen-bond donors (Lipinski definition) is 1.